The number of hydrogen-bond acceptors (Lipinski definition) is 6. The van der Waals surface area contributed by atoms with E-state index in [1.165, 1.54) is 31.6 Å². The van der Waals surface area contributed by atoms with E-state index in [0.717, 1.165) is 10.2 Å². The molecule has 2 aromatic carbocycles. The molecule has 1 aromatic heterocycles. The fraction of sp³-hybridized carbons (Fsp3) is 0.188. The largest absolute Gasteiger partial charge is 0.497 e. The molecule has 0 unspecified atom stereocenters. The van der Waals surface area contributed by atoms with Crippen LogP contribution in [0.1, 0.15) is 5.01 Å². The van der Waals surface area contributed by atoms with Gasteiger partial charge in [0.05, 0.1) is 31.0 Å². The first-order valence-corrected chi connectivity index (χ1v) is 9.39. The van der Waals surface area contributed by atoms with Crippen LogP contribution in [0.2, 0.25) is 0 Å². The molecule has 0 bridgehead atoms. The van der Waals surface area contributed by atoms with Gasteiger partial charge in [0, 0.05) is 6.07 Å². The molecule has 1 heterocycles. The van der Waals surface area contributed by atoms with Gasteiger partial charge in [0.2, 0.25) is 10.0 Å². The van der Waals surface area contributed by atoms with Crippen molar-refractivity contribution in [3.8, 4) is 11.5 Å². The lowest BCUT2D eigenvalue weighted by atomic mass is 10.3. The van der Waals surface area contributed by atoms with Gasteiger partial charge in [-0.25, -0.2) is 18.1 Å². The van der Waals surface area contributed by atoms with Crippen LogP contribution in [0.15, 0.2) is 47.4 Å². The minimum atomic E-state index is -3.76. The maximum absolute atomic E-state index is 12.6. The van der Waals surface area contributed by atoms with Crippen LogP contribution in [-0.4, -0.2) is 27.6 Å². The van der Waals surface area contributed by atoms with Crippen LogP contribution in [0.4, 0.5) is 0 Å². The quantitative estimate of drug-likeness (QED) is 0.728. The van der Waals surface area contributed by atoms with E-state index < -0.39 is 10.0 Å². The molecule has 0 radical (unpaired) electrons. The highest BCUT2D eigenvalue weighted by Crippen LogP contribution is 2.28. The number of methoxy groups -OCH3 is 2. The van der Waals surface area contributed by atoms with Crippen molar-refractivity contribution in [2.75, 3.05) is 14.2 Å². The maximum Gasteiger partial charge on any atom is 0.244 e. The van der Waals surface area contributed by atoms with Crippen LogP contribution >= 0.6 is 11.3 Å². The van der Waals surface area contributed by atoms with E-state index in [1.807, 2.05) is 24.3 Å². The van der Waals surface area contributed by atoms with E-state index in [9.17, 15) is 8.42 Å². The first-order valence-electron chi connectivity index (χ1n) is 7.09. The zero-order valence-electron chi connectivity index (χ0n) is 13.1. The average molecular weight is 364 g/mol. The van der Waals surface area contributed by atoms with Gasteiger partial charge in [-0.2, -0.15) is 0 Å². The normalized spacial score (nSPS) is 11.6. The number of benzene rings is 2. The summed E-state index contributed by atoms with van der Waals surface area (Å²) in [6.45, 7) is 0.113. The molecule has 0 amide bonds. The van der Waals surface area contributed by atoms with Crippen molar-refractivity contribution in [1.29, 1.82) is 0 Å². The van der Waals surface area contributed by atoms with E-state index in [0.29, 0.717) is 10.8 Å². The predicted molar refractivity (Wildman–Crippen MR) is 93.2 cm³/mol. The van der Waals surface area contributed by atoms with Gasteiger partial charge in [-0.3, -0.25) is 0 Å². The monoisotopic (exact) mass is 364 g/mol. The van der Waals surface area contributed by atoms with Crippen molar-refractivity contribution in [3.05, 3.63) is 47.5 Å². The highest BCUT2D eigenvalue weighted by atomic mass is 32.2. The summed E-state index contributed by atoms with van der Waals surface area (Å²) in [7, 11) is -0.856. The number of fused-ring (bicyclic) bond motifs is 1. The summed E-state index contributed by atoms with van der Waals surface area (Å²) in [5.74, 6) is 0.698. The molecule has 0 aliphatic rings. The second-order valence-corrected chi connectivity index (χ2v) is 7.77. The number of hydrogen-bond donors (Lipinski definition) is 1. The van der Waals surface area contributed by atoms with Crippen LogP contribution in [0.25, 0.3) is 10.2 Å². The van der Waals surface area contributed by atoms with E-state index in [1.54, 1.807) is 12.1 Å². The van der Waals surface area contributed by atoms with Gasteiger partial charge in [-0.15, -0.1) is 11.3 Å². The van der Waals surface area contributed by atoms with Gasteiger partial charge in [-0.05, 0) is 24.3 Å². The molecule has 0 fully saturated rings. The van der Waals surface area contributed by atoms with Crippen molar-refractivity contribution >= 4 is 31.6 Å². The molecule has 6 nitrogen and oxygen atoms in total. The Hall–Kier alpha value is -2.16. The molecule has 24 heavy (non-hydrogen) atoms. The van der Waals surface area contributed by atoms with E-state index >= 15 is 0 Å². The van der Waals surface area contributed by atoms with Crippen LogP contribution < -0.4 is 14.2 Å². The molecule has 0 saturated heterocycles. The molecule has 126 valence electrons. The number of nitrogens with one attached hydrogen (secondary N) is 1. The highest BCUT2D eigenvalue weighted by Gasteiger charge is 2.21. The first kappa shape index (κ1) is 16.7. The zero-order valence-corrected chi connectivity index (χ0v) is 14.8. The molecule has 0 aliphatic heterocycles. The Kier molecular flexibility index (Phi) is 4.70. The Morgan fingerprint density at radius 2 is 1.92 bits per heavy atom. The zero-order chi connectivity index (χ0) is 17.2. The predicted octanol–water partition coefficient (Wildman–Crippen LogP) is 2.79. The molecule has 1 N–H and O–H groups in total. The van der Waals surface area contributed by atoms with Gasteiger partial charge in [0.1, 0.15) is 21.4 Å². The molecular weight excluding hydrogens is 348 g/mol. The number of ether oxygens (including phenoxy) is 2. The Balaban J connectivity index is 1.85. The van der Waals surface area contributed by atoms with Crippen LogP contribution in [0.3, 0.4) is 0 Å². The van der Waals surface area contributed by atoms with Crippen LogP contribution in [0.5, 0.6) is 11.5 Å². The summed E-state index contributed by atoms with van der Waals surface area (Å²) in [5, 5.41) is 0.696. The van der Waals surface area contributed by atoms with E-state index in [4.69, 9.17) is 9.47 Å². The fourth-order valence-electron chi connectivity index (χ4n) is 2.22. The lowest BCUT2D eigenvalue weighted by molar-refractivity contribution is 0.392. The molecule has 0 atom stereocenters. The number of rotatable bonds is 6. The van der Waals surface area contributed by atoms with Gasteiger partial charge in [-0.1, -0.05) is 12.1 Å². The number of nitrogens with zero attached hydrogens (tertiary/aromatic N) is 1. The second kappa shape index (κ2) is 6.76. The van der Waals surface area contributed by atoms with Gasteiger partial charge < -0.3 is 9.47 Å². The van der Waals surface area contributed by atoms with Crippen molar-refractivity contribution in [2.24, 2.45) is 0 Å². The maximum atomic E-state index is 12.6. The SMILES string of the molecule is COc1ccc(OC)c(S(=O)(=O)NCc2nc3ccccc3s2)c1. The summed E-state index contributed by atoms with van der Waals surface area (Å²) >= 11 is 1.46. The number of thiazole rings is 1. The van der Waals surface area contributed by atoms with Gasteiger partial charge >= 0.3 is 0 Å². The Morgan fingerprint density at radius 1 is 1.12 bits per heavy atom. The lowest BCUT2D eigenvalue weighted by Gasteiger charge is -2.11. The third-order valence-electron chi connectivity index (χ3n) is 3.41. The van der Waals surface area contributed by atoms with Crippen molar-refractivity contribution in [3.63, 3.8) is 0 Å². The van der Waals surface area contributed by atoms with Crippen molar-refractivity contribution in [2.45, 2.75) is 11.4 Å². The second-order valence-electron chi connectivity index (χ2n) is 4.92. The molecule has 0 aliphatic carbocycles. The van der Waals surface area contributed by atoms with Crippen molar-refractivity contribution < 1.29 is 17.9 Å². The third kappa shape index (κ3) is 3.35. The van der Waals surface area contributed by atoms with Gasteiger partial charge in [0.15, 0.2) is 0 Å². The summed E-state index contributed by atoms with van der Waals surface area (Å²) in [6.07, 6.45) is 0. The van der Waals surface area contributed by atoms with Crippen molar-refractivity contribution in [1.82, 2.24) is 9.71 Å². The lowest BCUT2D eigenvalue weighted by Crippen LogP contribution is -2.23. The summed E-state index contributed by atoms with van der Waals surface area (Å²) in [6, 6.07) is 12.3. The average Bonchev–Trinajstić information content (AvgIpc) is 3.02. The number of aromatic nitrogens is 1. The Bertz CT molecular complexity index is 934. The van der Waals surface area contributed by atoms with Crippen LogP contribution in [0, 0.1) is 0 Å². The molecule has 3 rings (SSSR count). The fourth-order valence-corrected chi connectivity index (χ4v) is 4.39. The first-order chi connectivity index (χ1) is 11.5. The minimum absolute atomic E-state index is 0.0328. The van der Waals surface area contributed by atoms with E-state index in [2.05, 4.69) is 9.71 Å². The molecule has 8 heteroatoms. The number of para-hydroxylation sites is 1. The Morgan fingerprint density at radius 3 is 2.62 bits per heavy atom. The minimum Gasteiger partial charge on any atom is -0.497 e. The highest BCUT2D eigenvalue weighted by molar-refractivity contribution is 7.89. The molecular formula is C16H16N2O4S2. The third-order valence-corrected chi connectivity index (χ3v) is 5.87. The number of sulfonamides is 1. The summed E-state index contributed by atoms with van der Waals surface area (Å²) in [5.41, 5.74) is 0.857. The topological polar surface area (TPSA) is 77.5 Å². The Labute approximate surface area is 144 Å². The molecule has 0 spiro atoms. The standard InChI is InChI=1S/C16H16N2O4S2/c1-21-11-7-8-13(22-2)15(9-11)24(19,20)17-10-16-18-12-5-3-4-6-14(12)23-16/h3-9,17H,10H2,1-2H3. The smallest absolute Gasteiger partial charge is 0.244 e. The van der Waals surface area contributed by atoms with Gasteiger partial charge in [0.25, 0.3) is 0 Å². The molecule has 3 aromatic rings. The molecule has 0 saturated carbocycles. The summed E-state index contributed by atoms with van der Waals surface area (Å²) < 4.78 is 39.0. The van der Waals surface area contributed by atoms with Crippen LogP contribution in [-0.2, 0) is 16.6 Å². The van der Waals surface area contributed by atoms with E-state index in [-0.39, 0.29) is 17.2 Å². The summed E-state index contributed by atoms with van der Waals surface area (Å²) in [4.78, 5) is 4.45.